The van der Waals surface area contributed by atoms with E-state index >= 15 is 0 Å². The van der Waals surface area contributed by atoms with Crippen LogP contribution in [-0.2, 0) is 11.2 Å². The second-order valence-electron chi connectivity index (χ2n) is 7.95. The standard InChI is InChI=1S/C19H26N8O/c1-11-10-28-5-4-26(11)19-24-16(12-8-22-18(21)23-9-12)15-2-3-27(17(15)25-19)14-6-13(20)7-14/h8-9,11,13-14H,2-7,10,20H2,1H3,(H2,21,22,23)/t11-,13?,14?/m0/s1. The van der Waals surface area contributed by atoms with E-state index in [2.05, 4.69) is 26.7 Å². The van der Waals surface area contributed by atoms with E-state index in [0.717, 1.165) is 55.4 Å². The fourth-order valence-electron chi connectivity index (χ4n) is 4.36. The van der Waals surface area contributed by atoms with Crippen molar-refractivity contribution in [1.29, 1.82) is 0 Å². The summed E-state index contributed by atoms with van der Waals surface area (Å²) in [5, 5.41) is 0. The topological polar surface area (TPSA) is 119 Å². The van der Waals surface area contributed by atoms with Gasteiger partial charge in [-0.3, -0.25) is 0 Å². The molecule has 0 amide bonds. The van der Waals surface area contributed by atoms with E-state index in [-0.39, 0.29) is 12.0 Å². The van der Waals surface area contributed by atoms with Crippen LogP contribution < -0.4 is 21.3 Å². The second kappa shape index (κ2) is 6.82. The lowest BCUT2D eigenvalue weighted by Gasteiger charge is -2.40. The van der Waals surface area contributed by atoms with Crippen LogP contribution in [0.25, 0.3) is 11.3 Å². The van der Waals surface area contributed by atoms with Crippen LogP contribution in [0.15, 0.2) is 12.4 Å². The molecule has 1 saturated heterocycles. The van der Waals surface area contributed by atoms with E-state index in [1.165, 1.54) is 5.56 Å². The van der Waals surface area contributed by atoms with Crippen molar-refractivity contribution in [3.8, 4) is 11.3 Å². The number of aromatic nitrogens is 4. The maximum absolute atomic E-state index is 6.05. The molecule has 0 bridgehead atoms. The Morgan fingerprint density at radius 1 is 1.11 bits per heavy atom. The van der Waals surface area contributed by atoms with E-state index in [9.17, 15) is 0 Å². The molecule has 148 valence electrons. The smallest absolute Gasteiger partial charge is 0.228 e. The number of fused-ring (bicyclic) bond motifs is 1. The minimum atomic E-state index is 0.231. The summed E-state index contributed by atoms with van der Waals surface area (Å²) in [7, 11) is 0. The second-order valence-corrected chi connectivity index (χ2v) is 7.95. The molecule has 4 N–H and O–H groups in total. The van der Waals surface area contributed by atoms with Crippen LogP contribution in [0.5, 0.6) is 0 Å². The van der Waals surface area contributed by atoms with Crippen molar-refractivity contribution in [2.24, 2.45) is 5.73 Å². The molecule has 2 aliphatic heterocycles. The highest BCUT2D eigenvalue weighted by atomic mass is 16.5. The van der Waals surface area contributed by atoms with E-state index in [4.69, 9.17) is 26.2 Å². The summed E-state index contributed by atoms with van der Waals surface area (Å²) in [6.07, 6.45) is 6.46. The Hall–Kier alpha value is -2.52. The first kappa shape index (κ1) is 17.6. The first-order valence-electron chi connectivity index (χ1n) is 9.95. The van der Waals surface area contributed by atoms with Gasteiger partial charge in [-0.05, 0) is 26.2 Å². The molecule has 3 aliphatic rings. The fourth-order valence-corrected chi connectivity index (χ4v) is 4.36. The Bertz CT molecular complexity index is 867. The van der Waals surface area contributed by atoms with Crippen molar-refractivity contribution in [2.75, 3.05) is 41.8 Å². The van der Waals surface area contributed by atoms with Crippen LogP contribution in [0.2, 0.25) is 0 Å². The number of nitrogens with zero attached hydrogens (tertiary/aromatic N) is 6. The molecule has 2 fully saturated rings. The zero-order valence-corrected chi connectivity index (χ0v) is 16.1. The molecule has 5 rings (SSSR count). The van der Waals surface area contributed by atoms with Gasteiger partial charge in [-0.2, -0.15) is 4.98 Å². The number of ether oxygens (including phenoxy) is 1. The first-order valence-corrected chi connectivity index (χ1v) is 9.95. The summed E-state index contributed by atoms with van der Waals surface area (Å²) < 4.78 is 5.60. The highest BCUT2D eigenvalue weighted by Crippen LogP contribution is 2.39. The minimum Gasteiger partial charge on any atom is -0.377 e. The number of anilines is 3. The molecule has 2 aromatic heterocycles. The van der Waals surface area contributed by atoms with Crippen molar-refractivity contribution in [1.82, 2.24) is 19.9 Å². The highest BCUT2D eigenvalue weighted by molar-refractivity contribution is 5.72. The van der Waals surface area contributed by atoms with Crippen LogP contribution in [0, 0.1) is 0 Å². The minimum absolute atomic E-state index is 0.231. The van der Waals surface area contributed by atoms with Gasteiger partial charge < -0.3 is 26.0 Å². The van der Waals surface area contributed by atoms with Gasteiger partial charge in [0.1, 0.15) is 5.82 Å². The van der Waals surface area contributed by atoms with Gasteiger partial charge in [0.2, 0.25) is 11.9 Å². The van der Waals surface area contributed by atoms with Gasteiger partial charge in [-0.15, -0.1) is 0 Å². The fraction of sp³-hybridized carbons (Fsp3) is 0.579. The molecular weight excluding hydrogens is 356 g/mol. The molecule has 4 heterocycles. The maximum atomic E-state index is 6.05. The molecule has 9 heteroatoms. The van der Waals surface area contributed by atoms with Crippen molar-refractivity contribution >= 4 is 17.7 Å². The Morgan fingerprint density at radius 3 is 2.61 bits per heavy atom. The summed E-state index contributed by atoms with van der Waals surface area (Å²) in [5.74, 6) is 2.05. The number of hydrogen-bond acceptors (Lipinski definition) is 9. The molecule has 2 aromatic rings. The van der Waals surface area contributed by atoms with Gasteiger partial charge >= 0.3 is 0 Å². The SMILES string of the molecule is C[C@H]1COCCN1c1nc(-c2cnc(N)nc2)c2c(n1)N(C1CC(N)C1)CC2. The molecule has 9 nitrogen and oxygen atoms in total. The number of hydrogen-bond donors (Lipinski definition) is 2. The average Bonchev–Trinajstić information content (AvgIpc) is 3.09. The highest BCUT2D eigenvalue weighted by Gasteiger charge is 2.38. The Kier molecular flexibility index (Phi) is 4.28. The predicted octanol–water partition coefficient (Wildman–Crippen LogP) is 0.593. The number of nitrogen functional groups attached to an aromatic ring is 1. The van der Waals surface area contributed by atoms with Gasteiger partial charge in [0.05, 0.1) is 24.9 Å². The molecule has 0 spiro atoms. The number of morpholine rings is 1. The van der Waals surface area contributed by atoms with Crippen LogP contribution in [0.1, 0.15) is 25.3 Å². The van der Waals surface area contributed by atoms with E-state index < -0.39 is 0 Å². The Morgan fingerprint density at radius 2 is 1.89 bits per heavy atom. The molecule has 0 unspecified atom stereocenters. The molecule has 1 saturated carbocycles. The van der Waals surface area contributed by atoms with Crippen LogP contribution in [0.3, 0.4) is 0 Å². The summed E-state index contributed by atoms with van der Waals surface area (Å²) in [5.41, 5.74) is 14.7. The summed E-state index contributed by atoms with van der Waals surface area (Å²) in [4.78, 5) is 23.0. The van der Waals surface area contributed by atoms with Gasteiger partial charge in [-0.25, -0.2) is 15.0 Å². The number of nitrogens with two attached hydrogens (primary N) is 2. The van der Waals surface area contributed by atoms with Crippen molar-refractivity contribution < 1.29 is 4.74 Å². The normalized spacial score (nSPS) is 26.9. The summed E-state index contributed by atoms with van der Waals surface area (Å²) in [6, 6.07) is 1.01. The molecule has 0 radical (unpaired) electrons. The summed E-state index contributed by atoms with van der Waals surface area (Å²) >= 11 is 0. The lowest BCUT2D eigenvalue weighted by atomic mass is 9.86. The molecule has 28 heavy (non-hydrogen) atoms. The maximum Gasteiger partial charge on any atom is 0.228 e. The first-order chi connectivity index (χ1) is 13.6. The van der Waals surface area contributed by atoms with Crippen molar-refractivity contribution in [2.45, 2.75) is 44.3 Å². The quantitative estimate of drug-likeness (QED) is 0.786. The van der Waals surface area contributed by atoms with E-state index in [0.29, 0.717) is 25.3 Å². The predicted molar refractivity (Wildman–Crippen MR) is 107 cm³/mol. The average molecular weight is 382 g/mol. The lowest BCUT2D eigenvalue weighted by Crippen LogP contribution is -2.50. The third kappa shape index (κ3) is 2.94. The van der Waals surface area contributed by atoms with Crippen molar-refractivity contribution in [3.05, 3.63) is 18.0 Å². The van der Waals surface area contributed by atoms with Crippen LogP contribution in [0.4, 0.5) is 17.7 Å². The Balaban J connectivity index is 1.59. The van der Waals surface area contributed by atoms with E-state index in [1.54, 1.807) is 12.4 Å². The third-order valence-electron chi connectivity index (χ3n) is 6.01. The largest absolute Gasteiger partial charge is 0.377 e. The zero-order valence-electron chi connectivity index (χ0n) is 16.1. The van der Waals surface area contributed by atoms with Crippen LogP contribution >= 0.6 is 0 Å². The van der Waals surface area contributed by atoms with Crippen molar-refractivity contribution in [3.63, 3.8) is 0 Å². The molecular formula is C19H26N8O. The summed E-state index contributed by atoms with van der Waals surface area (Å²) in [6.45, 7) is 5.25. The number of rotatable bonds is 3. The zero-order chi connectivity index (χ0) is 19.3. The molecule has 1 aliphatic carbocycles. The van der Waals surface area contributed by atoms with Gasteiger partial charge in [0.15, 0.2) is 0 Å². The Labute approximate surface area is 164 Å². The lowest BCUT2D eigenvalue weighted by molar-refractivity contribution is 0.0981. The molecule has 1 atom stereocenters. The third-order valence-corrected chi connectivity index (χ3v) is 6.01. The monoisotopic (exact) mass is 382 g/mol. The van der Waals surface area contributed by atoms with Gasteiger partial charge in [-0.1, -0.05) is 0 Å². The van der Waals surface area contributed by atoms with Gasteiger partial charge in [0.25, 0.3) is 0 Å². The van der Waals surface area contributed by atoms with Crippen LogP contribution in [-0.4, -0.2) is 64.4 Å². The van der Waals surface area contributed by atoms with Gasteiger partial charge in [0, 0.05) is 48.7 Å². The van der Waals surface area contributed by atoms with E-state index in [1.807, 2.05) is 0 Å². The molecule has 0 aromatic carbocycles.